The first kappa shape index (κ1) is 25.4. The molecule has 1 atom stereocenters. The van der Waals surface area contributed by atoms with Gasteiger partial charge < -0.3 is 10.6 Å². The summed E-state index contributed by atoms with van der Waals surface area (Å²) in [5, 5.41) is 5.74. The minimum atomic E-state index is -3.68. The average molecular weight is 476 g/mol. The van der Waals surface area contributed by atoms with Gasteiger partial charge >= 0.3 is 0 Å². The van der Waals surface area contributed by atoms with E-state index in [4.69, 9.17) is 0 Å². The Labute approximate surface area is 198 Å². The average Bonchev–Trinajstić information content (AvgIpc) is 2.79. The Morgan fingerprint density at radius 3 is 2.27 bits per heavy atom. The third-order valence-electron chi connectivity index (χ3n) is 7.00. The molecule has 8 heteroatoms. The van der Waals surface area contributed by atoms with E-state index in [1.165, 1.54) is 22.5 Å². The summed E-state index contributed by atoms with van der Waals surface area (Å²) < 4.78 is 27.6. The highest BCUT2D eigenvalue weighted by Gasteiger charge is 2.33. The molecule has 182 valence electrons. The van der Waals surface area contributed by atoms with Crippen LogP contribution in [-0.2, 0) is 19.6 Å². The normalized spacial score (nSPS) is 24.6. The van der Waals surface area contributed by atoms with Gasteiger partial charge in [-0.15, -0.1) is 0 Å². The minimum Gasteiger partial charge on any atom is -0.349 e. The second kappa shape index (κ2) is 10.4. The maximum atomic E-state index is 13.1. The molecule has 0 radical (unpaired) electrons. The van der Waals surface area contributed by atoms with Crippen molar-refractivity contribution in [2.45, 2.75) is 70.2 Å². The summed E-state index contributed by atoms with van der Waals surface area (Å²) in [6.45, 7) is 10.9. The van der Waals surface area contributed by atoms with Crippen LogP contribution in [0.4, 0.5) is 5.69 Å². The second-order valence-corrected chi connectivity index (χ2v) is 12.3. The van der Waals surface area contributed by atoms with Crippen LogP contribution in [0.1, 0.15) is 59.3 Å². The van der Waals surface area contributed by atoms with Crippen LogP contribution in [0.25, 0.3) is 0 Å². The Balaban J connectivity index is 1.58. The van der Waals surface area contributed by atoms with E-state index >= 15 is 0 Å². The number of nitrogens with one attached hydrogen (secondary N) is 2. The maximum absolute atomic E-state index is 13.1. The van der Waals surface area contributed by atoms with E-state index < -0.39 is 10.0 Å². The first-order chi connectivity index (χ1) is 15.5. The first-order valence-electron chi connectivity index (χ1n) is 11.8. The minimum absolute atomic E-state index is 0.00284. The molecule has 2 amide bonds. The van der Waals surface area contributed by atoms with Crippen molar-refractivity contribution in [3.8, 4) is 0 Å². The Hall–Kier alpha value is -2.19. The highest BCUT2D eigenvalue weighted by molar-refractivity contribution is 7.89. The van der Waals surface area contributed by atoms with Crippen LogP contribution < -0.4 is 10.6 Å². The zero-order valence-electron chi connectivity index (χ0n) is 20.0. The van der Waals surface area contributed by atoms with Crippen LogP contribution in [0.5, 0.6) is 0 Å². The second-order valence-electron chi connectivity index (χ2n) is 10.3. The molecule has 1 aliphatic carbocycles. The van der Waals surface area contributed by atoms with Crippen molar-refractivity contribution in [1.82, 2.24) is 9.62 Å². The highest BCUT2D eigenvalue weighted by atomic mass is 32.2. The number of hydrogen-bond donors (Lipinski definition) is 2. The third kappa shape index (κ3) is 6.44. The Bertz CT molecular complexity index is 958. The highest BCUT2D eigenvalue weighted by Crippen LogP contribution is 2.40. The molecule has 1 heterocycles. The standard InChI is InChI=1S/C25H37N3O4S/c1-5-23(29)26-21-7-6-16-28(17-21)33(31,32)22-14-12-20(13-15-22)27-24(30)18-8-10-19(11-9-18)25(2,3)4/h5,12-15,18-19,21H,1,6-11,16-17H2,2-4H3,(H,26,29)(H,27,30)/t18?,19?,21-/m0/s1. The molecule has 2 N–H and O–H groups in total. The summed E-state index contributed by atoms with van der Waals surface area (Å²) in [6, 6.07) is 6.13. The molecule has 1 saturated carbocycles. The SMILES string of the molecule is C=CC(=O)N[C@H]1CCCN(S(=O)(=O)c2ccc(NC(=O)C3CCC(C(C)(C)C)CC3)cc2)C1. The number of carbonyl (C=O) groups is 2. The molecule has 33 heavy (non-hydrogen) atoms. The number of sulfonamides is 1. The number of amides is 2. The van der Waals surface area contributed by atoms with E-state index in [0.29, 0.717) is 24.6 Å². The van der Waals surface area contributed by atoms with Gasteiger partial charge in [0.2, 0.25) is 21.8 Å². The smallest absolute Gasteiger partial charge is 0.243 e. The number of hydrogen-bond acceptors (Lipinski definition) is 4. The zero-order valence-corrected chi connectivity index (χ0v) is 20.8. The van der Waals surface area contributed by atoms with Gasteiger partial charge in [-0.05, 0) is 80.2 Å². The fraction of sp³-hybridized carbons (Fsp3) is 0.600. The molecule has 2 fully saturated rings. The maximum Gasteiger partial charge on any atom is 0.243 e. The fourth-order valence-electron chi connectivity index (χ4n) is 4.86. The lowest BCUT2D eigenvalue weighted by Gasteiger charge is -2.36. The van der Waals surface area contributed by atoms with Crippen molar-refractivity contribution in [3.05, 3.63) is 36.9 Å². The zero-order chi connectivity index (χ0) is 24.2. The van der Waals surface area contributed by atoms with E-state index in [9.17, 15) is 18.0 Å². The molecule has 0 unspecified atom stereocenters. The molecule has 7 nitrogen and oxygen atoms in total. The lowest BCUT2D eigenvalue weighted by molar-refractivity contribution is -0.121. The van der Waals surface area contributed by atoms with Gasteiger partial charge in [-0.1, -0.05) is 27.4 Å². The van der Waals surface area contributed by atoms with E-state index in [2.05, 4.69) is 38.0 Å². The van der Waals surface area contributed by atoms with Gasteiger partial charge in [0, 0.05) is 30.7 Å². The van der Waals surface area contributed by atoms with Crippen molar-refractivity contribution in [3.63, 3.8) is 0 Å². The molecule has 0 bridgehead atoms. The van der Waals surface area contributed by atoms with Gasteiger partial charge in [0.15, 0.2) is 0 Å². The number of carbonyl (C=O) groups excluding carboxylic acids is 2. The largest absolute Gasteiger partial charge is 0.349 e. The number of nitrogens with zero attached hydrogens (tertiary/aromatic N) is 1. The van der Waals surface area contributed by atoms with Gasteiger partial charge in [0.1, 0.15) is 0 Å². The van der Waals surface area contributed by atoms with Gasteiger partial charge in [-0.2, -0.15) is 4.31 Å². The topological polar surface area (TPSA) is 95.6 Å². The number of rotatable bonds is 6. The molecule has 1 saturated heterocycles. The van der Waals surface area contributed by atoms with Crippen molar-refractivity contribution in [2.75, 3.05) is 18.4 Å². The third-order valence-corrected chi connectivity index (χ3v) is 8.88. The lowest BCUT2D eigenvalue weighted by atomic mass is 9.69. The molecule has 1 aromatic rings. The van der Waals surface area contributed by atoms with Crippen LogP contribution in [0.3, 0.4) is 0 Å². The number of piperidine rings is 1. The van der Waals surface area contributed by atoms with E-state index in [1.54, 1.807) is 12.1 Å². The molecule has 1 aromatic carbocycles. The van der Waals surface area contributed by atoms with E-state index in [-0.39, 0.29) is 40.6 Å². The summed E-state index contributed by atoms with van der Waals surface area (Å²) in [7, 11) is -3.68. The number of benzene rings is 1. The molecule has 0 aromatic heterocycles. The first-order valence-corrected chi connectivity index (χ1v) is 13.3. The van der Waals surface area contributed by atoms with Crippen LogP contribution in [0.2, 0.25) is 0 Å². The van der Waals surface area contributed by atoms with Crippen molar-refractivity contribution < 1.29 is 18.0 Å². The molecule has 2 aliphatic rings. The van der Waals surface area contributed by atoms with E-state index in [1.807, 2.05) is 0 Å². The predicted octanol–water partition coefficient (Wildman–Crippen LogP) is 3.93. The van der Waals surface area contributed by atoms with Crippen LogP contribution in [-0.4, -0.2) is 43.7 Å². The van der Waals surface area contributed by atoms with Crippen LogP contribution >= 0.6 is 0 Å². The molecular formula is C25H37N3O4S. The molecule has 3 rings (SSSR count). The Kier molecular flexibility index (Phi) is 8.00. The molecule has 1 aliphatic heterocycles. The van der Waals surface area contributed by atoms with Gasteiger partial charge in [0.25, 0.3) is 0 Å². The van der Waals surface area contributed by atoms with Crippen LogP contribution in [0.15, 0.2) is 41.8 Å². The molecular weight excluding hydrogens is 438 g/mol. The number of anilines is 1. The van der Waals surface area contributed by atoms with Crippen molar-refractivity contribution >= 4 is 27.5 Å². The van der Waals surface area contributed by atoms with Crippen molar-refractivity contribution in [2.24, 2.45) is 17.3 Å². The van der Waals surface area contributed by atoms with E-state index in [0.717, 1.165) is 32.1 Å². The van der Waals surface area contributed by atoms with Gasteiger partial charge in [-0.25, -0.2) is 8.42 Å². The quantitative estimate of drug-likeness (QED) is 0.610. The van der Waals surface area contributed by atoms with Gasteiger partial charge in [-0.3, -0.25) is 9.59 Å². The predicted molar refractivity (Wildman–Crippen MR) is 130 cm³/mol. The van der Waals surface area contributed by atoms with Crippen LogP contribution in [0, 0.1) is 17.3 Å². The Morgan fingerprint density at radius 2 is 1.70 bits per heavy atom. The Morgan fingerprint density at radius 1 is 1.06 bits per heavy atom. The summed E-state index contributed by atoms with van der Waals surface area (Å²) >= 11 is 0. The lowest BCUT2D eigenvalue weighted by Crippen LogP contribution is -2.49. The van der Waals surface area contributed by atoms with Gasteiger partial charge in [0.05, 0.1) is 4.90 Å². The summed E-state index contributed by atoms with van der Waals surface area (Å²) in [5.74, 6) is 0.356. The fourth-order valence-corrected chi connectivity index (χ4v) is 6.39. The summed E-state index contributed by atoms with van der Waals surface area (Å²) in [6.07, 6.45) is 6.49. The van der Waals surface area contributed by atoms with Crippen molar-refractivity contribution in [1.29, 1.82) is 0 Å². The monoisotopic (exact) mass is 475 g/mol. The molecule has 0 spiro atoms. The summed E-state index contributed by atoms with van der Waals surface area (Å²) in [4.78, 5) is 24.5. The summed E-state index contributed by atoms with van der Waals surface area (Å²) in [5.41, 5.74) is 0.876.